The van der Waals surface area contributed by atoms with Crippen molar-refractivity contribution >= 4 is 56.8 Å². The second-order valence-electron chi connectivity index (χ2n) is 11.2. The van der Waals surface area contributed by atoms with Gasteiger partial charge in [0.25, 0.3) is 5.91 Å². The third-order valence-corrected chi connectivity index (χ3v) is 9.66. The largest absolute Gasteiger partial charge is 0.493 e. The van der Waals surface area contributed by atoms with Crippen molar-refractivity contribution in [3.8, 4) is 11.5 Å². The summed E-state index contributed by atoms with van der Waals surface area (Å²) >= 11 is 11.6. The molecule has 1 aliphatic heterocycles. The number of benzene rings is 4. The number of rotatable bonds is 10. The zero-order valence-corrected chi connectivity index (χ0v) is 29.5. The van der Waals surface area contributed by atoms with Crippen LogP contribution >= 0.6 is 39.3 Å². The molecule has 0 fully saturated rings. The monoisotopic (exact) mass is 729 g/mol. The molecule has 4 aromatic carbocycles. The Morgan fingerprint density at radius 2 is 1.81 bits per heavy atom. The number of ether oxygens (including phenoxy) is 2. The van der Waals surface area contributed by atoms with Crippen LogP contribution in [0.5, 0.6) is 11.5 Å². The van der Waals surface area contributed by atoms with Gasteiger partial charge in [0.1, 0.15) is 12.6 Å². The molecule has 6 rings (SSSR count). The van der Waals surface area contributed by atoms with E-state index in [4.69, 9.17) is 31.2 Å². The second kappa shape index (κ2) is 14.3. The van der Waals surface area contributed by atoms with Gasteiger partial charge >= 0.3 is 0 Å². The van der Waals surface area contributed by atoms with E-state index in [1.165, 1.54) is 11.8 Å². The molecule has 0 saturated heterocycles. The van der Waals surface area contributed by atoms with Gasteiger partial charge in [-0.15, -0.1) is 5.10 Å². The molecule has 0 bridgehead atoms. The first-order chi connectivity index (χ1) is 22.7. The normalized spacial score (nSPS) is 14.0. The molecule has 0 radical (unpaired) electrons. The van der Waals surface area contributed by atoms with E-state index in [1.807, 2.05) is 106 Å². The zero-order chi connectivity index (χ0) is 33.1. The van der Waals surface area contributed by atoms with Crippen LogP contribution in [0.4, 0.5) is 11.6 Å². The fraction of sp³-hybridized carbons (Fsp3) is 0.194. The Morgan fingerprint density at radius 1 is 1.04 bits per heavy atom. The number of allylic oxidation sites excluding steroid dienone is 1. The lowest BCUT2D eigenvalue weighted by atomic mass is 9.94. The van der Waals surface area contributed by atoms with Gasteiger partial charge in [0.2, 0.25) is 11.1 Å². The topological polar surface area (TPSA) is 90.3 Å². The Kier molecular flexibility index (Phi) is 9.91. The van der Waals surface area contributed by atoms with Gasteiger partial charge in [0, 0.05) is 22.2 Å². The molecule has 5 aromatic rings. The quantitative estimate of drug-likeness (QED) is 0.139. The Morgan fingerprint density at radius 3 is 2.55 bits per heavy atom. The third kappa shape index (κ3) is 7.20. The smallest absolute Gasteiger partial charge is 0.255 e. The first-order valence-corrected chi connectivity index (χ1v) is 17.1. The molecule has 1 amide bonds. The van der Waals surface area contributed by atoms with Crippen molar-refractivity contribution in [3.05, 3.63) is 134 Å². The van der Waals surface area contributed by atoms with Crippen molar-refractivity contribution in [2.45, 2.75) is 44.3 Å². The molecular weight excluding hydrogens is 698 g/mol. The maximum atomic E-state index is 14.2. The van der Waals surface area contributed by atoms with Gasteiger partial charge in [0.05, 0.1) is 17.2 Å². The summed E-state index contributed by atoms with van der Waals surface area (Å²) in [5.41, 5.74) is 6.77. The van der Waals surface area contributed by atoms with Crippen LogP contribution in [0.3, 0.4) is 0 Å². The number of aromatic nitrogens is 3. The van der Waals surface area contributed by atoms with Gasteiger partial charge in [0.15, 0.2) is 11.5 Å². The number of hydrogen-bond donors (Lipinski definition) is 2. The first-order valence-electron chi connectivity index (χ1n) is 14.9. The van der Waals surface area contributed by atoms with Crippen LogP contribution in [0, 0.1) is 13.8 Å². The van der Waals surface area contributed by atoms with Gasteiger partial charge in [-0.3, -0.25) is 4.79 Å². The highest BCUT2D eigenvalue weighted by Crippen LogP contribution is 2.44. The summed E-state index contributed by atoms with van der Waals surface area (Å²) in [6.45, 7) is 6.25. The molecule has 2 N–H and O–H groups in total. The predicted molar refractivity (Wildman–Crippen MR) is 192 cm³/mol. The molecular formula is C36H33BrClN5O3S. The van der Waals surface area contributed by atoms with Crippen molar-refractivity contribution in [1.29, 1.82) is 0 Å². The van der Waals surface area contributed by atoms with Crippen molar-refractivity contribution in [1.82, 2.24) is 14.8 Å². The van der Waals surface area contributed by atoms with Gasteiger partial charge in [-0.25, -0.2) is 4.68 Å². The minimum absolute atomic E-state index is 0.252. The standard InChI is InChI=1S/C36H33BrClN5O3S/c1-21-14-15-29(22(2)16-21)40-34(44)31-23(3)39-35-41-36(47-20-25-12-8-9-13-28(25)38)42-43(35)32(31)26-17-27(37)33(30(18-26)45-4)46-19-24-10-6-5-7-11-24/h5-18,32H,19-20H2,1-4H3,(H,40,44)(H,39,41,42). The number of fused-ring (bicyclic) bond motifs is 1. The SMILES string of the molecule is COc1cc(C2C(C(=O)Nc3ccc(C)cc3C)=C(C)Nc3nc(SCc4ccccc4Cl)nn32)cc(Br)c1OCc1ccccc1. The molecule has 0 aliphatic carbocycles. The van der Waals surface area contributed by atoms with E-state index in [0.29, 0.717) is 55.7 Å². The fourth-order valence-corrected chi connectivity index (χ4v) is 7.15. The molecule has 1 unspecified atom stereocenters. The fourth-order valence-electron chi connectivity index (χ4n) is 5.46. The Balaban J connectivity index is 1.39. The Bertz CT molecular complexity index is 1980. The zero-order valence-electron chi connectivity index (χ0n) is 26.3. The molecule has 8 nitrogen and oxygen atoms in total. The number of anilines is 2. The first kappa shape index (κ1) is 32.7. The number of hydrogen-bond acceptors (Lipinski definition) is 7. The molecule has 2 heterocycles. The van der Waals surface area contributed by atoms with Crippen LogP contribution in [0.15, 0.2) is 106 Å². The molecule has 1 aromatic heterocycles. The summed E-state index contributed by atoms with van der Waals surface area (Å²) < 4.78 is 14.5. The number of carbonyl (C=O) groups excluding carboxylic acids is 1. The maximum absolute atomic E-state index is 14.2. The van der Waals surface area contributed by atoms with Crippen LogP contribution in [0.2, 0.25) is 5.02 Å². The van der Waals surface area contributed by atoms with Crippen LogP contribution in [0.1, 0.15) is 40.8 Å². The lowest BCUT2D eigenvalue weighted by Crippen LogP contribution is -2.31. The van der Waals surface area contributed by atoms with Gasteiger partial charge in [-0.1, -0.05) is 89.6 Å². The third-order valence-electron chi connectivity index (χ3n) is 7.82. The summed E-state index contributed by atoms with van der Waals surface area (Å²) in [5.74, 6) is 1.94. The number of amides is 1. The number of carbonyl (C=O) groups is 1. The minimum Gasteiger partial charge on any atom is -0.493 e. The molecule has 47 heavy (non-hydrogen) atoms. The molecule has 240 valence electrons. The van der Waals surface area contributed by atoms with Gasteiger partial charge in [-0.2, -0.15) is 4.98 Å². The highest BCUT2D eigenvalue weighted by atomic mass is 79.9. The minimum atomic E-state index is -0.632. The summed E-state index contributed by atoms with van der Waals surface area (Å²) in [6.07, 6.45) is 0. The van der Waals surface area contributed by atoms with Gasteiger partial charge < -0.3 is 20.1 Å². The van der Waals surface area contributed by atoms with Crippen LogP contribution in [-0.4, -0.2) is 27.8 Å². The number of methoxy groups -OCH3 is 1. The lowest BCUT2D eigenvalue weighted by molar-refractivity contribution is -0.113. The van der Waals surface area contributed by atoms with E-state index in [0.717, 1.165) is 33.5 Å². The molecule has 0 saturated carbocycles. The number of nitrogens with one attached hydrogen (secondary N) is 2. The maximum Gasteiger partial charge on any atom is 0.255 e. The average Bonchev–Trinajstić information content (AvgIpc) is 3.46. The van der Waals surface area contributed by atoms with Crippen molar-refractivity contribution in [2.24, 2.45) is 0 Å². The van der Waals surface area contributed by atoms with Crippen LogP contribution in [-0.2, 0) is 17.2 Å². The van der Waals surface area contributed by atoms with E-state index in [1.54, 1.807) is 11.8 Å². The highest BCUT2D eigenvalue weighted by molar-refractivity contribution is 9.10. The summed E-state index contributed by atoms with van der Waals surface area (Å²) in [7, 11) is 1.60. The summed E-state index contributed by atoms with van der Waals surface area (Å²) in [5, 5.41) is 12.6. The number of aryl methyl sites for hydroxylation is 2. The van der Waals surface area contributed by atoms with Crippen molar-refractivity contribution < 1.29 is 14.3 Å². The van der Waals surface area contributed by atoms with Crippen molar-refractivity contribution in [2.75, 3.05) is 17.7 Å². The molecule has 11 heteroatoms. The van der Waals surface area contributed by atoms with E-state index >= 15 is 0 Å². The summed E-state index contributed by atoms with van der Waals surface area (Å²) in [4.78, 5) is 19.0. The van der Waals surface area contributed by atoms with E-state index in [9.17, 15) is 4.79 Å². The molecule has 1 aliphatic rings. The highest BCUT2D eigenvalue weighted by Gasteiger charge is 2.35. The van der Waals surface area contributed by atoms with Crippen LogP contribution in [0.25, 0.3) is 0 Å². The Labute approximate surface area is 291 Å². The Hall–Kier alpha value is -4.25. The van der Waals surface area contributed by atoms with E-state index in [2.05, 4.69) is 26.6 Å². The van der Waals surface area contributed by atoms with Crippen LogP contribution < -0.4 is 20.1 Å². The van der Waals surface area contributed by atoms with E-state index in [-0.39, 0.29) is 5.91 Å². The number of nitrogens with zero attached hydrogens (tertiary/aromatic N) is 3. The number of halogens is 2. The van der Waals surface area contributed by atoms with E-state index < -0.39 is 6.04 Å². The molecule has 0 spiro atoms. The number of thioether (sulfide) groups is 1. The lowest BCUT2D eigenvalue weighted by Gasteiger charge is -2.29. The average molecular weight is 731 g/mol. The molecule has 1 atom stereocenters. The van der Waals surface area contributed by atoms with Crippen molar-refractivity contribution in [3.63, 3.8) is 0 Å². The second-order valence-corrected chi connectivity index (χ2v) is 13.4. The van der Waals surface area contributed by atoms with Gasteiger partial charge in [-0.05, 0) is 83.2 Å². The summed E-state index contributed by atoms with van der Waals surface area (Å²) in [6, 6.07) is 26.8. The predicted octanol–water partition coefficient (Wildman–Crippen LogP) is 9.12.